The maximum Gasteiger partial charge on any atom is 0.238 e. The summed E-state index contributed by atoms with van der Waals surface area (Å²) in [5.74, 6) is 5.06. The van der Waals surface area contributed by atoms with E-state index in [1.807, 2.05) is 0 Å². The van der Waals surface area contributed by atoms with Crippen LogP contribution >= 0.6 is 0 Å². The average molecular weight is 115 g/mol. The van der Waals surface area contributed by atoms with Crippen molar-refractivity contribution in [2.45, 2.75) is 6.92 Å². The van der Waals surface area contributed by atoms with E-state index >= 15 is 0 Å². The van der Waals surface area contributed by atoms with Gasteiger partial charge in [-0.25, -0.2) is 0 Å². The average Bonchev–Trinajstić information content (AvgIpc) is 1.65. The molecule has 0 amide bonds. The molecule has 0 saturated heterocycles. The Morgan fingerprint density at radius 2 is 1.88 bits per heavy atom. The summed E-state index contributed by atoms with van der Waals surface area (Å²) in [4.78, 5) is 3.49. The van der Waals surface area contributed by atoms with Crippen LogP contribution in [0.3, 0.4) is 0 Å². The zero-order valence-electron chi connectivity index (χ0n) is 4.63. The van der Waals surface area contributed by atoms with Crippen LogP contribution in [0.1, 0.15) is 6.92 Å². The Hall–Kier alpha value is -1.26. The number of hydrogen-bond donors (Lipinski definition) is 3. The molecule has 0 saturated carbocycles. The fraction of sp³-hybridized carbons (Fsp3) is 0.333. The van der Waals surface area contributed by atoms with E-state index in [1.54, 1.807) is 6.92 Å². The van der Waals surface area contributed by atoms with Crippen molar-refractivity contribution in [1.82, 2.24) is 0 Å². The highest BCUT2D eigenvalue weighted by atomic mass is 15.2. The molecule has 0 aromatic heterocycles. The molecule has 0 spiro atoms. The van der Waals surface area contributed by atoms with Gasteiger partial charge in [0.05, 0.1) is 5.84 Å². The molecule has 5 nitrogen and oxygen atoms in total. The summed E-state index contributed by atoms with van der Waals surface area (Å²) in [6.45, 7) is 1.60. The van der Waals surface area contributed by atoms with Crippen LogP contribution < -0.4 is 17.3 Å². The monoisotopic (exact) mass is 115 g/mol. The van der Waals surface area contributed by atoms with E-state index in [9.17, 15) is 0 Å². The normalized spacial score (nSPS) is 14.1. The smallest absolute Gasteiger partial charge is 0.238 e. The highest BCUT2D eigenvalue weighted by Gasteiger charge is 1.81. The Morgan fingerprint density at radius 1 is 1.38 bits per heavy atom. The molecule has 0 aliphatic carbocycles. The van der Waals surface area contributed by atoms with E-state index in [0.29, 0.717) is 5.84 Å². The second-order valence-corrected chi connectivity index (χ2v) is 1.24. The van der Waals surface area contributed by atoms with Crippen LogP contribution in [-0.2, 0) is 0 Å². The molecule has 0 unspecified atom stereocenters. The number of rotatable bonds is 0. The molecule has 0 aliphatic heterocycles. The summed E-state index contributed by atoms with van der Waals surface area (Å²) >= 11 is 0. The Bertz CT molecular complexity index is 120. The third-order valence-electron chi connectivity index (χ3n) is 0.423. The predicted molar refractivity (Wildman–Crippen MR) is 33.1 cm³/mol. The number of guanidine groups is 1. The topological polar surface area (TPSA) is 103 Å². The number of nitrogens with zero attached hydrogens (tertiary/aromatic N) is 2. The van der Waals surface area contributed by atoms with E-state index in [-0.39, 0.29) is 5.96 Å². The predicted octanol–water partition coefficient (Wildman–Crippen LogP) is -1.45. The van der Waals surface area contributed by atoms with E-state index in [4.69, 9.17) is 17.3 Å². The molecule has 0 aliphatic rings. The van der Waals surface area contributed by atoms with Gasteiger partial charge in [0.15, 0.2) is 0 Å². The van der Waals surface area contributed by atoms with Gasteiger partial charge in [-0.05, 0) is 6.92 Å². The third kappa shape index (κ3) is 2.95. The first-order chi connectivity index (χ1) is 3.66. The van der Waals surface area contributed by atoms with Crippen LogP contribution in [0.2, 0.25) is 0 Å². The van der Waals surface area contributed by atoms with Gasteiger partial charge in [0.25, 0.3) is 0 Å². The maximum absolute atomic E-state index is 5.10. The first kappa shape index (κ1) is 6.74. The second kappa shape index (κ2) is 2.84. The molecule has 46 valence electrons. The van der Waals surface area contributed by atoms with Crippen molar-refractivity contribution >= 4 is 11.8 Å². The molecule has 0 aromatic rings. The summed E-state index contributed by atoms with van der Waals surface area (Å²) < 4.78 is 0. The van der Waals surface area contributed by atoms with Crippen LogP contribution in [-0.4, -0.2) is 11.8 Å². The minimum absolute atomic E-state index is 0.00926. The van der Waals surface area contributed by atoms with Crippen molar-refractivity contribution in [3.8, 4) is 0 Å². The lowest BCUT2D eigenvalue weighted by Gasteiger charge is -1.87. The summed E-state index contributed by atoms with van der Waals surface area (Å²) in [6.07, 6.45) is 0. The lowest BCUT2D eigenvalue weighted by Crippen LogP contribution is -2.16. The number of hydrazone groups is 1. The first-order valence-corrected chi connectivity index (χ1v) is 2.01. The first-order valence-electron chi connectivity index (χ1n) is 2.01. The van der Waals surface area contributed by atoms with Gasteiger partial charge < -0.3 is 17.3 Å². The molecule has 6 N–H and O–H groups in total. The van der Waals surface area contributed by atoms with Crippen LogP contribution in [0.4, 0.5) is 0 Å². The van der Waals surface area contributed by atoms with Gasteiger partial charge in [-0.15, -0.1) is 5.10 Å². The summed E-state index contributed by atoms with van der Waals surface area (Å²) in [7, 11) is 0. The van der Waals surface area contributed by atoms with E-state index in [0.717, 1.165) is 0 Å². The Kier molecular flexibility index (Phi) is 2.39. The number of aliphatic imine (C=N–C) groups is 1. The van der Waals surface area contributed by atoms with Crippen LogP contribution in [0.25, 0.3) is 0 Å². The van der Waals surface area contributed by atoms with Gasteiger partial charge >= 0.3 is 0 Å². The second-order valence-electron chi connectivity index (χ2n) is 1.24. The Labute approximate surface area is 47.2 Å². The number of amidine groups is 1. The lowest BCUT2D eigenvalue weighted by molar-refractivity contribution is 1.21. The standard InChI is InChI=1S/C3H9N5/c1-2(4)7-3(5)8-6/h6H2,1H3,(H4,4,5,7,8). The largest absolute Gasteiger partial charge is 0.387 e. The molecule has 0 atom stereocenters. The molecular weight excluding hydrogens is 106 g/mol. The van der Waals surface area contributed by atoms with Gasteiger partial charge in [-0.3, -0.25) is 0 Å². The summed E-state index contributed by atoms with van der Waals surface area (Å²) in [5.41, 5.74) is 10.1. The molecule has 0 bridgehead atoms. The van der Waals surface area contributed by atoms with Crippen LogP contribution in [0.15, 0.2) is 10.1 Å². The van der Waals surface area contributed by atoms with E-state index < -0.39 is 0 Å². The van der Waals surface area contributed by atoms with Gasteiger partial charge in [0, 0.05) is 0 Å². The summed E-state index contributed by atoms with van der Waals surface area (Å²) in [5, 5.41) is 3.06. The van der Waals surface area contributed by atoms with Crippen molar-refractivity contribution < 1.29 is 0 Å². The maximum atomic E-state index is 5.10. The minimum Gasteiger partial charge on any atom is -0.387 e. The molecule has 0 radical (unpaired) electrons. The minimum atomic E-state index is -0.00926. The highest BCUT2D eigenvalue weighted by Crippen LogP contribution is 1.66. The molecular formula is C3H9N5. The van der Waals surface area contributed by atoms with Crippen molar-refractivity contribution in [1.29, 1.82) is 0 Å². The Balaban J connectivity index is 3.89. The highest BCUT2D eigenvalue weighted by molar-refractivity contribution is 5.92. The molecule has 8 heavy (non-hydrogen) atoms. The van der Waals surface area contributed by atoms with Crippen molar-refractivity contribution in [3.05, 3.63) is 0 Å². The van der Waals surface area contributed by atoms with E-state index in [2.05, 4.69) is 10.1 Å². The quantitative estimate of drug-likeness (QED) is 0.156. The zero-order chi connectivity index (χ0) is 6.57. The fourth-order valence-corrected chi connectivity index (χ4v) is 0.210. The third-order valence-corrected chi connectivity index (χ3v) is 0.423. The molecule has 0 fully saturated rings. The molecule has 0 heterocycles. The van der Waals surface area contributed by atoms with E-state index in [1.165, 1.54) is 0 Å². The zero-order valence-corrected chi connectivity index (χ0v) is 4.63. The molecule has 0 rings (SSSR count). The lowest BCUT2D eigenvalue weighted by atomic mass is 10.7. The van der Waals surface area contributed by atoms with Gasteiger partial charge in [0.2, 0.25) is 5.96 Å². The van der Waals surface area contributed by atoms with Gasteiger partial charge in [0.1, 0.15) is 0 Å². The number of nitrogens with two attached hydrogens (primary N) is 3. The van der Waals surface area contributed by atoms with Crippen molar-refractivity contribution in [3.63, 3.8) is 0 Å². The van der Waals surface area contributed by atoms with Crippen molar-refractivity contribution in [2.75, 3.05) is 0 Å². The van der Waals surface area contributed by atoms with Gasteiger partial charge in [-0.2, -0.15) is 4.99 Å². The SMILES string of the molecule is CC(N)=N/C(N)=N\N. The Morgan fingerprint density at radius 3 is 2.00 bits per heavy atom. The molecule has 5 heteroatoms. The van der Waals surface area contributed by atoms with Crippen molar-refractivity contribution in [2.24, 2.45) is 27.4 Å². The fourth-order valence-electron chi connectivity index (χ4n) is 0.210. The summed E-state index contributed by atoms with van der Waals surface area (Å²) in [6, 6.07) is 0. The van der Waals surface area contributed by atoms with Gasteiger partial charge in [-0.1, -0.05) is 0 Å². The van der Waals surface area contributed by atoms with Crippen LogP contribution in [0, 0.1) is 0 Å². The number of hydrogen-bond acceptors (Lipinski definition) is 2. The van der Waals surface area contributed by atoms with Crippen LogP contribution in [0.5, 0.6) is 0 Å². The molecule has 0 aromatic carbocycles.